The van der Waals surface area contributed by atoms with E-state index in [2.05, 4.69) is 164 Å². The van der Waals surface area contributed by atoms with Gasteiger partial charge in [-0.15, -0.1) is 0 Å². The van der Waals surface area contributed by atoms with E-state index in [0.29, 0.717) is 11.3 Å². The van der Waals surface area contributed by atoms with Crippen LogP contribution in [0.2, 0.25) is 0 Å². The van der Waals surface area contributed by atoms with E-state index >= 15 is 0 Å². The van der Waals surface area contributed by atoms with E-state index < -0.39 is 7.92 Å². The number of aryl methyl sites for hydroxylation is 3. The number of fused-ring (bicyclic) bond motifs is 2. The molecular formula is C42H44P2. The lowest BCUT2D eigenvalue weighted by atomic mass is 9.89. The van der Waals surface area contributed by atoms with Gasteiger partial charge in [-0.25, -0.2) is 0 Å². The zero-order valence-electron chi connectivity index (χ0n) is 27.2. The molecular weight excluding hydrogens is 566 g/mol. The largest absolute Gasteiger partial charge is 0.0969 e. The van der Waals surface area contributed by atoms with Gasteiger partial charge in [0.05, 0.1) is 0 Å². The molecule has 2 heteroatoms. The van der Waals surface area contributed by atoms with Crippen LogP contribution in [0.4, 0.5) is 0 Å². The fraction of sp³-hybridized carbons (Fsp3) is 0.238. The molecule has 0 saturated heterocycles. The molecule has 0 spiro atoms. The molecule has 0 nitrogen and oxygen atoms in total. The molecule has 0 atom stereocenters. The van der Waals surface area contributed by atoms with Gasteiger partial charge in [-0.3, -0.25) is 0 Å². The Bertz CT molecular complexity index is 1890. The van der Waals surface area contributed by atoms with Gasteiger partial charge in [0.15, 0.2) is 0 Å². The van der Waals surface area contributed by atoms with Gasteiger partial charge in [-0.2, -0.15) is 0 Å². The highest BCUT2D eigenvalue weighted by Gasteiger charge is 2.29. The third-order valence-electron chi connectivity index (χ3n) is 9.09. The summed E-state index contributed by atoms with van der Waals surface area (Å²) in [5, 5.41) is 9.76. The summed E-state index contributed by atoms with van der Waals surface area (Å²) in [5.74, 6) is 0. The summed E-state index contributed by atoms with van der Waals surface area (Å²) in [4.78, 5) is 0. The van der Waals surface area contributed by atoms with Crippen LogP contribution in [-0.2, 0) is 6.16 Å². The first-order valence-electron chi connectivity index (χ1n) is 16.0. The van der Waals surface area contributed by atoms with Crippen LogP contribution >= 0.6 is 15.8 Å². The number of hydrogen-bond donors (Lipinski definition) is 0. The molecule has 0 bridgehead atoms. The highest BCUT2D eigenvalue weighted by Crippen LogP contribution is 2.52. The van der Waals surface area contributed by atoms with Crippen LogP contribution in [0.5, 0.6) is 0 Å². The summed E-state index contributed by atoms with van der Waals surface area (Å²) in [6.07, 6.45) is 1.14. The Balaban J connectivity index is 1.79. The molecule has 0 heterocycles. The van der Waals surface area contributed by atoms with Crippen molar-refractivity contribution in [2.75, 3.05) is 0 Å². The summed E-state index contributed by atoms with van der Waals surface area (Å²) >= 11 is 0. The van der Waals surface area contributed by atoms with Gasteiger partial charge in [0.2, 0.25) is 0 Å². The lowest BCUT2D eigenvalue weighted by Crippen LogP contribution is -2.27. The van der Waals surface area contributed by atoms with Crippen LogP contribution in [-0.4, -0.2) is 11.3 Å². The standard InChI is InChI=1S/C42H44P2/c1-28(2)43(29(3)4)27-35-25-24-33-18-10-12-20-36(33)40(35)41-37-21-13-11-19-34(37)26-32(7)42(41)44(38-22-14-8-16-30(38)5)39-23-15-9-17-31(39)6/h8-26,28-29H,27H2,1-7H3. The SMILES string of the molecule is Cc1ccccc1P(c1ccccc1C)c1c(C)cc2ccccc2c1-c1c(CP(C(C)C)C(C)C)ccc2ccccc12. The van der Waals surface area contributed by atoms with Gasteiger partial charge in [0, 0.05) is 0 Å². The molecule has 6 rings (SSSR count). The lowest BCUT2D eigenvalue weighted by Gasteiger charge is -2.31. The van der Waals surface area contributed by atoms with E-state index in [0.717, 1.165) is 6.16 Å². The average molecular weight is 611 g/mol. The first-order chi connectivity index (χ1) is 21.3. The predicted molar refractivity (Wildman–Crippen MR) is 201 cm³/mol. The van der Waals surface area contributed by atoms with Crippen molar-refractivity contribution < 1.29 is 0 Å². The molecule has 0 unspecified atom stereocenters. The minimum Gasteiger partial charge on any atom is -0.0969 e. The Labute approximate surface area is 267 Å². The Morgan fingerprint density at radius 3 is 1.57 bits per heavy atom. The van der Waals surface area contributed by atoms with Gasteiger partial charge in [-0.1, -0.05) is 151 Å². The first-order valence-corrected chi connectivity index (χ1v) is 19.0. The quantitative estimate of drug-likeness (QED) is 0.150. The molecule has 44 heavy (non-hydrogen) atoms. The van der Waals surface area contributed by atoms with Gasteiger partial charge >= 0.3 is 0 Å². The van der Waals surface area contributed by atoms with Crippen LogP contribution in [0.15, 0.2) is 115 Å². The fourth-order valence-corrected chi connectivity index (χ4v) is 12.4. The van der Waals surface area contributed by atoms with E-state index in [1.165, 1.54) is 70.8 Å². The maximum Gasteiger partial charge on any atom is -0.000992 e. The third kappa shape index (κ3) is 5.76. The van der Waals surface area contributed by atoms with Crippen molar-refractivity contribution in [3.63, 3.8) is 0 Å². The van der Waals surface area contributed by atoms with Gasteiger partial charge in [0.1, 0.15) is 0 Å². The number of benzene rings is 6. The topological polar surface area (TPSA) is 0 Å². The Hall–Kier alpha value is -3.30. The van der Waals surface area contributed by atoms with E-state index in [1.807, 2.05) is 0 Å². The van der Waals surface area contributed by atoms with Crippen LogP contribution < -0.4 is 15.9 Å². The van der Waals surface area contributed by atoms with Crippen molar-refractivity contribution in [3.05, 3.63) is 138 Å². The van der Waals surface area contributed by atoms with Crippen LogP contribution in [0.1, 0.15) is 49.9 Å². The third-order valence-corrected chi connectivity index (χ3v) is 15.4. The smallest absolute Gasteiger partial charge is 0.000992 e. The molecule has 0 saturated carbocycles. The van der Waals surface area contributed by atoms with E-state index in [9.17, 15) is 0 Å². The van der Waals surface area contributed by atoms with Crippen LogP contribution in [0, 0.1) is 20.8 Å². The van der Waals surface area contributed by atoms with Gasteiger partial charge in [-0.05, 0) is 117 Å². The minimum absolute atomic E-state index is 0.185. The second-order valence-electron chi connectivity index (χ2n) is 12.7. The normalized spacial score (nSPS) is 12.0. The van der Waals surface area contributed by atoms with E-state index in [4.69, 9.17) is 0 Å². The summed E-state index contributed by atoms with van der Waals surface area (Å²) < 4.78 is 0. The predicted octanol–water partition coefficient (Wildman–Crippen LogP) is 11.1. The second-order valence-corrected chi connectivity index (χ2v) is 18.2. The van der Waals surface area contributed by atoms with Crippen molar-refractivity contribution >= 4 is 53.3 Å². The molecule has 6 aromatic carbocycles. The van der Waals surface area contributed by atoms with E-state index in [1.54, 1.807) is 0 Å². The summed E-state index contributed by atoms with van der Waals surface area (Å²) in [6, 6.07) is 43.6. The van der Waals surface area contributed by atoms with Crippen molar-refractivity contribution in [2.45, 2.75) is 65.9 Å². The highest BCUT2D eigenvalue weighted by molar-refractivity contribution is 7.80. The van der Waals surface area contributed by atoms with Crippen molar-refractivity contribution in [1.29, 1.82) is 0 Å². The van der Waals surface area contributed by atoms with Crippen LogP contribution in [0.25, 0.3) is 32.7 Å². The maximum atomic E-state index is 2.46. The van der Waals surface area contributed by atoms with Gasteiger partial charge in [0.25, 0.3) is 0 Å². The summed E-state index contributed by atoms with van der Waals surface area (Å²) in [5.41, 5.74) is 9.84. The average Bonchev–Trinajstić information content (AvgIpc) is 3.01. The fourth-order valence-electron chi connectivity index (χ4n) is 6.92. The molecule has 222 valence electrons. The monoisotopic (exact) mass is 610 g/mol. The van der Waals surface area contributed by atoms with Crippen LogP contribution in [0.3, 0.4) is 0 Å². The van der Waals surface area contributed by atoms with Gasteiger partial charge < -0.3 is 0 Å². The van der Waals surface area contributed by atoms with Crippen molar-refractivity contribution in [1.82, 2.24) is 0 Å². The van der Waals surface area contributed by atoms with Crippen molar-refractivity contribution in [2.24, 2.45) is 0 Å². The zero-order valence-corrected chi connectivity index (χ0v) is 29.0. The lowest BCUT2D eigenvalue weighted by molar-refractivity contribution is 0.996. The molecule has 6 aromatic rings. The molecule has 0 aliphatic heterocycles. The maximum absolute atomic E-state index is 2.46. The Morgan fingerprint density at radius 1 is 0.500 bits per heavy atom. The molecule has 0 radical (unpaired) electrons. The molecule has 0 aliphatic carbocycles. The Kier molecular flexibility index (Phi) is 9.06. The zero-order chi connectivity index (χ0) is 31.0. The minimum atomic E-state index is -0.834. The number of hydrogen-bond acceptors (Lipinski definition) is 0. The Morgan fingerprint density at radius 2 is 1.00 bits per heavy atom. The second kappa shape index (κ2) is 13.0. The molecule has 0 aromatic heterocycles. The van der Waals surface area contributed by atoms with E-state index in [-0.39, 0.29) is 7.92 Å². The first kappa shape index (κ1) is 30.7. The molecule has 0 fully saturated rings. The van der Waals surface area contributed by atoms with Crippen molar-refractivity contribution in [3.8, 4) is 11.1 Å². The summed E-state index contributed by atoms with van der Waals surface area (Å²) in [7, 11) is -1.02. The molecule has 0 N–H and O–H groups in total. The molecule has 0 amide bonds. The number of rotatable bonds is 8. The summed E-state index contributed by atoms with van der Waals surface area (Å²) in [6.45, 7) is 16.6. The highest BCUT2D eigenvalue weighted by atomic mass is 31.1. The molecule has 0 aliphatic rings.